The number of nitrogens with zero attached hydrogens (tertiary/aromatic N) is 4. The van der Waals surface area contributed by atoms with E-state index in [1.54, 1.807) is 44.4 Å². The highest BCUT2D eigenvalue weighted by Gasteiger charge is 2.21. The molecule has 4 aromatic rings. The highest BCUT2D eigenvalue weighted by molar-refractivity contribution is 5.92. The molecular weight excluding hydrogens is 470 g/mol. The van der Waals surface area contributed by atoms with Crippen LogP contribution in [0.25, 0.3) is 10.9 Å². The van der Waals surface area contributed by atoms with Gasteiger partial charge in [0.2, 0.25) is 18.6 Å². The van der Waals surface area contributed by atoms with Crippen molar-refractivity contribution in [2.24, 2.45) is 0 Å². The van der Waals surface area contributed by atoms with Gasteiger partial charge in [0, 0.05) is 24.7 Å². The second-order valence-electron chi connectivity index (χ2n) is 8.16. The second-order valence-corrected chi connectivity index (χ2v) is 8.16. The van der Waals surface area contributed by atoms with Crippen molar-refractivity contribution in [2.45, 2.75) is 32.9 Å². The summed E-state index contributed by atoms with van der Waals surface area (Å²) in [6.45, 7) is 1.50. The van der Waals surface area contributed by atoms with Gasteiger partial charge in [0.05, 0.1) is 18.0 Å². The van der Waals surface area contributed by atoms with Gasteiger partial charge in [-0.05, 0) is 43.7 Å². The highest BCUT2D eigenvalue weighted by atomic mass is 16.7. The van der Waals surface area contributed by atoms with Gasteiger partial charge < -0.3 is 24.1 Å². The summed E-state index contributed by atoms with van der Waals surface area (Å²) in [6, 6.07) is 9.89. The third-order valence-electron chi connectivity index (χ3n) is 5.74. The van der Waals surface area contributed by atoms with Crippen LogP contribution in [0.1, 0.15) is 18.1 Å². The molecular formula is C24H23N5O7. The van der Waals surface area contributed by atoms with Crippen molar-refractivity contribution >= 4 is 22.5 Å². The lowest BCUT2D eigenvalue weighted by Crippen LogP contribution is -2.41. The normalized spacial score (nSPS) is 12.2. The Balaban J connectivity index is 1.48. The summed E-state index contributed by atoms with van der Waals surface area (Å²) >= 11 is 0. The molecule has 5 rings (SSSR count). The summed E-state index contributed by atoms with van der Waals surface area (Å²) in [7, 11) is 1.55. The predicted octanol–water partition coefficient (Wildman–Crippen LogP) is 1.86. The molecule has 36 heavy (non-hydrogen) atoms. The van der Waals surface area contributed by atoms with Crippen LogP contribution < -0.4 is 30.8 Å². The van der Waals surface area contributed by atoms with Crippen molar-refractivity contribution in [3.63, 3.8) is 0 Å². The lowest BCUT2D eigenvalue weighted by atomic mass is 10.2. The zero-order valence-electron chi connectivity index (χ0n) is 19.6. The number of fused-ring (bicyclic) bond motifs is 2. The maximum atomic E-state index is 13.4. The number of carbonyl (C=O) groups excluding carboxylic acids is 1. The minimum atomic E-state index is -0.613. The van der Waals surface area contributed by atoms with E-state index in [1.807, 2.05) is 0 Å². The zero-order valence-corrected chi connectivity index (χ0v) is 19.6. The first-order valence-corrected chi connectivity index (χ1v) is 11.2. The molecule has 2 aromatic heterocycles. The molecule has 1 amide bonds. The molecule has 0 bridgehead atoms. The van der Waals surface area contributed by atoms with Gasteiger partial charge in [0.1, 0.15) is 12.3 Å². The topological polar surface area (TPSA) is 140 Å². The second kappa shape index (κ2) is 9.56. The number of ether oxygens (including phenoxy) is 3. The summed E-state index contributed by atoms with van der Waals surface area (Å²) in [6.07, 6.45) is 0.800. The van der Waals surface area contributed by atoms with Crippen molar-refractivity contribution in [2.75, 3.05) is 19.2 Å². The average Bonchev–Trinajstić information content (AvgIpc) is 3.51. The van der Waals surface area contributed by atoms with Crippen molar-refractivity contribution in [1.29, 1.82) is 0 Å². The largest absolute Gasteiger partial charge is 0.497 e. The van der Waals surface area contributed by atoms with Gasteiger partial charge in [-0.2, -0.15) is 4.98 Å². The third-order valence-corrected chi connectivity index (χ3v) is 5.74. The number of aromatic nitrogens is 4. The van der Waals surface area contributed by atoms with Gasteiger partial charge in [0.15, 0.2) is 17.3 Å². The van der Waals surface area contributed by atoms with Crippen LogP contribution in [-0.4, -0.2) is 39.1 Å². The Morgan fingerprint density at radius 1 is 1.11 bits per heavy atom. The molecule has 0 fully saturated rings. The summed E-state index contributed by atoms with van der Waals surface area (Å²) < 4.78 is 23.4. The molecule has 0 saturated carbocycles. The summed E-state index contributed by atoms with van der Waals surface area (Å²) in [4.78, 5) is 43.7. The van der Waals surface area contributed by atoms with Crippen LogP contribution in [0.15, 0.2) is 50.5 Å². The number of hydrogen-bond donors (Lipinski definition) is 1. The highest BCUT2D eigenvalue weighted by Crippen LogP contribution is 2.34. The third kappa shape index (κ3) is 4.52. The number of anilines is 1. The van der Waals surface area contributed by atoms with Crippen LogP contribution in [0.2, 0.25) is 0 Å². The summed E-state index contributed by atoms with van der Waals surface area (Å²) in [5, 5.41) is 6.75. The standard InChI is InChI=1S/C24H23N5O7/c1-14-25-22(36-27-14)4-3-9-28-23(31)17-10-19-20(35-13-34-19)11-18(17)29(24(28)32)12-21(30)26-15-5-7-16(33-2)8-6-15/h5-8,10-11H,3-4,9,12-13H2,1-2H3,(H,26,30). The summed E-state index contributed by atoms with van der Waals surface area (Å²) in [5.74, 6) is 1.94. The quantitative estimate of drug-likeness (QED) is 0.389. The fraction of sp³-hybridized carbons (Fsp3) is 0.292. The minimum Gasteiger partial charge on any atom is -0.497 e. The average molecular weight is 493 g/mol. The fourth-order valence-corrected chi connectivity index (χ4v) is 4.01. The molecule has 3 heterocycles. The van der Waals surface area contributed by atoms with E-state index in [-0.39, 0.29) is 30.8 Å². The number of carbonyl (C=O) groups is 1. The van der Waals surface area contributed by atoms with Crippen molar-refractivity contribution < 1.29 is 23.5 Å². The van der Waals surface area contributed by atoms with Crippen molar-refractivity contribution in [3.05, 3.63) is 69.0 Å². The Kier molecular flexibility index (Phi) is 6.15. The minimum absolute atomic E-state index is 0.00559. The lowest BCUT2D eigenvalue weighted by molar-refractivity contribution is -0.116. The first-order chi connectivity index (χ1) is 17.4. The van der Waals surface area contributed by atoms with E-state index in [0.717, 1.165) is 4.57 Å². The van der Waals surface area contributed by atoms with Crippen molar-refractivity contribution in [3.8, 4) is 17.2 Å². The lowest BCUT2D eigenvalue weighted by Gasteiger charge is -2.15. The van der Waals surface area contributed by atoms with Crippen LogP contribution in [0.4, 0.5) is 5.69 Å². The molecule has 2 aromatic carbocycles. The van der Waals surface area contributed by atoms with Crippen LogP contribution >= 0.6 is 0 Å². The van der Waals surface area contributed by atoms with Crippen LogP contribution in [0.3, 0.4) is 0 Å². The number of aryl methyl sites for hydroxylation is 2. The Labute approximate surface area is 204 Å². The van der Waals surface area contributed by atoms with E-state index in [1.165, 1.54) is 10.6 Å². The Morgan fingerprint density at radius 2 is 1.86 bits per heavy atom. The van der Waals surface area contributed by atoms with E-state index in [9.17, 15) is 14.4 Å². The van der Waals surface area contributed by atoms with E-state index in [2.05, 4.69) is 15.5 Å². The van der Waals surface area contributed by atoms with Crippen LogP contribution in [0.5, 0.6) is 17.2 Å². The molecule has 1 aliphatic rings. The molecule has 1 N–H and O–H groups in total. The van der Waals surface area contributed by atoms with E-state index < -0.39 is 17.2 Å². The number of methoxy groups -OCH3 is 1. The molecule has 0 atom stereocenters. The molecule has 0 spiro atoms. The van der Waals surface area contributed by atoms with Gasteiger partial charge in [-0.15, -0.1) is 0 Å². The van der Waals surface area contributed by atoms with Crippen molar-refractivity contribution in [1.82, 2.24) is 19.3 Å². The molecule has 0 saturated heterocycles. The first kappa shape index (κ1) is 23.1. The maximum Gasteiger partial charge on any atom is 0.331 e. The fourth-order valence-electron chi connectivity index (χ4n) is 4.01. The number of amides is 1. The van der Waals surface area contributed by atoms with Crippen LogP contribution in [0, 0.1) is 6.92 Å². The van der Waals surface area contributed by atoms with Crippen LogP contribution in [-0.2, 0) is 24.3 Å². The van der Waals surface area contributed by atoms with Gasteiger partial charge in [-0.3, -0.25) is 18.7 Å². The number of nitrogens with one attached hydrogen (secondary N) is 1. The van der Waals surface area contributed by atoms with E-state index >= 15 is 0 Å². The molecule has 0 unspecified atom stereocenters. The molecule has 12 heteroatoms. The molecule has 0 radical (unpaired) electrons. The first-order valence-electron chi connectivity index (χ1n) is 11.2. The maximum absolute atomic E-state index is 13.4. The molecule has 0 aliphatic carbocycles. The number of benzene rings is 2. The number of rotatable bonds is 8. The molecule has 12 nitrogen and oxygen atoms in total. The molecule has 186 valence electrons. The monoisotopic (exact) mass is 493 g/mol. The Morgan fingerprint density at radius 3 is 2.56 bits per heavy atom. The van der Waals surface area contributed by atoms with Gasteiger partial charge in [0.25, 0.3) is 5.56 Å². The Hall–Kier alpha value is -4.61. The van der Waals surface area contributed by atoms with E-state index in [0.29, 0.717) is 47.5 Å². The Bertz CT molecular complexity index is 1550. The van der Waals surface area contributed by atoms with Gasteiger partial charge >= 0.3 is 5.69 Å². The zero-order chi connectivity index (χ0) is 25.2. The summed E-state index contributed by atoms with van der Waals surface area (Å²) in [5.41, 5.74) is -0.276. The van der Waals surface area contributed by atoms with Gasteiger partial charge in [-0.1, -0.05) is 5.16 Å². The SMILES string of the molecule is COc1ccc(NC(=O)Cn2c(=O)n(CCCc3nc(C)no3)c(=O)c3cc4c(cc32)OCO4)cc1. The smallest absolute Gasteiger partial charge is 0.331 e. The molecule has 1 aliphatic heterocycles. The van der Waals surface area contributed by atoms with E-state index in [4.69, 9.17) is 18.7 Å². The number of hydrogen-bond acceptors (Lipinski definition) is 9. The van der Waals surface area contributed by atoms with Gasteiger partial charge in [-0.25, -0.2) is 4.79 Å². The predicted molar refractivity (Wildman–Crippen MR) is 128 cm³/mol.